The first kappa shape index (κ1) is 12.0. The fraction of sp³-hybridized carbons (Fsp3) is 0.500. The van der Waals surface area contributed by atoms with E-state index in [9.17, 15) is 4.79 Å². The number of hydrogen-bond acceptors (Lipinski definition) is 3. The SMILES string of the molecule is CC(C)CNC1=CC(=O)C[C@@H](c2ccco2)C1. The highest BCUT2D eigenvalue weighted by molar-refractivity contribution is 5.91. The van der Waals surface area contributed by atoms with Crippen LogP contribution in [0.15, 0.2) is 34.6 Å². The van der Waals surface area contributed by atoms with Crippen molar-refractivity contribution in [3.63, 3.8) is 0 Å². The molecular weight excluding hydrogens is 214 g/mol. The molecule has 0 bridgehead atoms. The zero-order valence-electron chi connectivity index (χ0n) is 10.4. The van der Waals surface area contributed by atoms with Crippen LogP contribution in [0.4, 0.5) is 0 Å². The van der Waals surface area contributed by atoms with Crippen LogP contribution in [-0.2, 0) is 4.79 Å². The average molecular weight is 233 g/mol. The fourth-order valence-electron chi connectivity index (χ4n) is 2.08. The Labute approximate surface area is 102 Å². The van der Waals surface area contributed by atoms with Gasteiger partial charge in [0, 0.05) is 30.7 Å². The molecule has 1 aromatic heterocycles. The van der Waals surface area contributed by atoms with Crippen molar-refractivity contribution < 1.29 is 9.21 Å². The van der Waals surface area contributed by atoms with E-state index in [-0.39, 0.29) is 11.7 Å². The van der Waals surface area contributed by atoms with Crippen LogP contribution in [0.5, 0.6) is 0 Å². The van der Waals surface area contributed by atoms with Crippen molar-refractivity contribution in [3.05, 3.63) is 35.9 Å². The predicted octanol–water partition coefficient (Wildman–Crippen LogP) is 2.86. The van der Waals surface area contributed by atoms with Crippen LogP contribution in [0.3, 0.4) is 0 Å². The first-order valence-corrected chi connectivity index (χ1v) is 6.16. The van der Waals surface area contributed by atoms with Gasteiger partial charge in [0.05, 0.1) is 6.26 Å². The van der Waals surface area contributed by atoms with Crippen molar-refractivity contribution in [2.45, 2.75) is 32.6 Å². The molecule has 0 aromatic carbocycles. The minimum atomic E-state index is 0.184. The van der Waals surface area contributed by atoms with Gasteiger partial charge in [-0.15, -0.1) is 0 Å². The van der Waals surface area contributed by atoms with Gasteiger partial charge in [0.1, 0.15) is 5.76 Å². The summed E-state index contributed by atoms with van der Waals surface area (Å²) in [6.45, 7) is 5.22. The van der Waals surface area contributed by atoms with E-state index in [1.807, 2.05) is 12.1 Å². The maximum absolute atomic E-state index is 11.7. The number of allylic oxidation sites excluding steroid dienone is 2. The molecule has 17 heavy (non-hydrogen) atoms. The molecule has 0 radical (unpaired) electrons. The Kier molecular flexibility index (Phi) is 3.67. The van der Waals surface area contributed by atoms with Gasteiger partial charge in [0.2, 0.25) is 0 Å². The summed E-state index contributed by atoms with van der Waals surface area (Å²) < 4.78 is 5.39. The highest BCUT2D eigenvalue weighted by atomic mass is 16.3. The largest absolute Gasteiger partial charge is 0.469 e. The lowest BCUT2D eigenvalue weighted by atomic mass is 9.89. The maximum atomic E-state index is 11.7. The number of furan rings is 1. The lowest BCUT2D eigenvalue weighted by Crippen LogP contribution is -2.24. The summed E-state index contributed by atoms with van der Waals surface area (Å²) in [5.74, 6) is 1.87. The summed E-state index contributed by atoms with van der Waals surface area (Å²) >= 11 is 0. The lowest BCUT2D eigenvalue weighted by molar-refractivity contribution is -0.115. The van der Waals surface area contributed by atoms with Crippen LogP contribution in [0.1, 0.15) is 38.4 Å². The number of nitrogens with one attached hydrogen (secondary N) is 1. The van der Waals surface area contributed by atoms with E-state index in [4.69, 9.17) is 4.42 Å². The highest BCUT2D eigenvalue weighted by Gasteiger charge is 2.23. The molecule has 0 saturated heterocycles. The topological polar surface area (TPSA) is 42.2 Å². The third kappa shape index (κ3) is 3.22. The van der Waals surface area contributed by atoms with Crippen molar-refractivity contribution in [3.8, 4) is 0 Å². The molecule has 1 atom stereocenters. The molecule has 0 fully saturated rings. The lowest BCUT2D eigenvalue weighted by Gasteiger charge is -2.22. The zero-order valence-corrected chi connectivity index (χ0v) is 10.4. The maximum Gasteiger partial charge on any atom is 0.158 e. The van der Waals surface area contributed by atoms with Crippen LogP contribution < -0.4 is 5.32 Å². The smallest absolute Gasteiger partial charge is 0.158 e. The second kappa shape index (κ2) is 5.21. The molecule has 0 aliphatic heterocycles. The summed E-state index contributed by atoms with van der Waals surface area (Å²) in [5.41, 5.74) is 1.04. The molecule has 0 saturated carbocycles. The van der Waals surface area contributed by atoms with Gasteiger partial charge in [0.15, 0.2) is 5.78 Å². The molecule has 1 aliphatic carbocycles. The van der Waals surface area contributed by atoms with Crippen LogP contribution in [-0.4, -0.2) is 12.3 Å². The Morgan fingerprint density at radius 1 is 1.47 bits per heavy atom. The minimum Gasteiger partial charge on any atom is -0.469 e. The molecule has 0 amide bonds. The van der Waals surface area contributed by atoms with Crippen LogP contribution >= 0.6 is 0 Å². The van der Waals surface area contributed by atoms with Crippen molar-refractivity contribution in [1.29, 1.82) is 0 Å². The monoisotopic (exact) mass is 233 g/mol. The van der Waals surface area contributed by atoms with Gasteiger partial charge in [-0.25, -0.2) is 0 Å². The van der Waals surface area contributed by atoms with Crippen LogP contribution in [0.2, 0.25) is 0 Å². The van der Waals surface area contributed by atoms with E-state index in [1.54, 1.807) is 12.3 Å². The minimum absolute atomic E-state index is 0.184. The molecule has 3 heteroatoms. The first-order valence-electron chi connectivity index (χ1n) is 6.16. The van der Waals surface area contributed by atoms with Crippen LogP contribution in [0.25, 0.3) is 0 Å². The molecule has 2 rings (SSSR count). The fourth-order valence-corrected chi connectivity index (χ4v) is 2.08. The second-order valence-corrected chi connectivity index (χ2v) is 5.03. The highest BCUT2D eigenvalue weighted by Crippen LogP contribution is 2.30. The van der Waals surface area contributed by atoms with Crippen molar-refractivity contribution in [2.75, 3.05) is 6.54 Å². The predicted molar refractivity (Wildman–Crippen MR) is 66.6 cm³/mol. The van der Waals surface area contributed by atoms with Crippen molar-refractivity contribution in [1.82, 2.24) is 5.32 Å². The Morgan fingerprint density at radius 3 is 2.94 bits per heavy atom. The number of hydrogen-bond donors (Lipinski definition) is 1. The molecular formula is C14H19NO2. The van der Waals surface area contributed by atoms with E-state index in [1.165, 1.54) is 0 Å². The molecule has 1 aliphatic rings. The quantitative estimate of drug-likeness (QED) is 0.869. The average Bonchev–Trinajstić information content (AvgIpc) is 2.79. The number of carbonyl (C=O) groups excluding carboxylic acids is 1. The molecule has 0 unspecified atom stereocenters. The van der Waals surface area contributed by atoms with Gasteiger partial charge < -0.3 is 9.73 Å². The normalized spacial score (nSPS) is 20.5. The molecule has 1 heterocycles. The number of rotatable bonds is 4. The van der Waals surface area contributed by atoms with Gasteiger partial charge in [-0.2, -0.15) is 0 Å². The molecule has 0 spiro atoms. The van der Waals surface area contributed by atoms with E-state index in [0.717, 1.165) is 24.4 Å². The summed E-state index contributed by atoms with van der Waals surface area (Å²) in [7, 11) is 0. The van der Waals surface area contributed by atoms with Crippen molar-refractivity contribution >= 4 is 5.78 Å². The Bertz CT molecular complexity index is 404. The Hall–Kier alpha value is -1.51. The van der Waals surface area contributed by atoms with Gasteiger partial charge >= 0.3 is 0 Å². The Balaban J connectivity index is 2.02. The first-order chi connectivity index (χ1) is 8.15. The summed E-state index contributed by atoms with van der Waals surface area (Å²) in [6, 6.07) is 3.82. The second-order valence-electron chi connectivity index (χ2n) is 5.03. The number of carbonyl (C=O) groups is 1. The van der Waals surface area contributed by atoms with Gasteiger partial charge in [0.25, 0.3) is 0 Å². The Morgan fingerprint density at radius 2 is 2.29 bits per heavy atom. The van der Waals surface area contributed by atoms with Gasteiger partial charge in [-0.05, 0) is 24.5 Å². The summed E-state index contributed by atoms with van der Waals surface area (Å²) in [4.78, 5) is 11.7. The standard InChI is InChI=1S/C14H19NO2/c1-10(2)9-15-12-6-11(7-13(16)8-12)14-4-3-5-17-14/h3-5,8,10-11,15H,6-7,9H2,1-2H3/t11-/m0/s1. The number of ketones is 1. The van der Waals surface area contributed by atoms with E-state index in [2.05, 4.69) is 19.2 Å². The van der Waals surface area contributed by atoms with Crippen molar-refractivity contribution in [2.24, 2.45) is 5.92 Å². The molecule has 1 N–H and O–H groups in total. The molecule has 1 aromatic rings. The molecule has 92 valence electrons. The summed E-state index contributed by atoms with van der Waals surface area (Å²) in [5, 5.41) is 3.34. The van der Waals surface area contributed by atoms with E-state index in [0.29, 0.717) is 12.3 Å². The molecule has 3 nitrogen and oxygen atoms in total. The summed E-state index contributed by atoms with van der Waals surface area (Å²) in [6.07, 6.45) is 4.83. The van der Waals surface area contributed by atoms with Gasteiger partial charge in [-0.3, -0.25) is 4.79 Å². The third-order valence-electron chi connectivity index (χ3n) is 2.93. The van der Waals surface area contributed by atoms with E-state index >= 15 is 0 Å². The van der Waals surface area contributed by atoms with Crippen LogP contribution in [0, 0.1) is 5.92 Å². The van der Waals surface area contributed by atoms with Gasteiger partial charge in [-0.1, -0.05) is 13.8 Å². The van der Waals surface area contributed by atoms with E-state index < -0.39 is 0 Å². The third-order valence-corrected chi connectivity index (χ3v) is 2.93. The zero-order chi connectivity index (χ0) is 12.3.